The number of hydrogen-bond donors (Lipinski definition) is 0. The van der Waals surface area contributed by atoms with Crippen LogP contribution in [0.15, 0.2) is 48.5 Å². The highest BCUT2D eigenvalue weighted by Crippen LogP contribution is 2.48. The summed E-state index contributed by atoms with van der Waals surface area (Å²) in [5.41, 5.74) is 10.4. The highest BCUT2D eigenvalue weighted by atomic mass is 16.1. The molecule has 0 bridgehead atoms. The molecule has 0 saturated carbocycles. The van der Waals surface area contributed by atoms with E-state index in [4.69, 9.17) is 0 Å². The van der Waals surface area contributed by atoms with Crippen molar-refractivity contribution < 1.29 is 9.59 Å². The van der Waals surface area contributed by atoms with Crippen molar-refractivity contribution in [2.24, 2.45) is 0 Å². The molecule has 0 N–H and O–H groups in total. The zero-order chi connectivity index (χ0) is 29.4. The van der Waals surface area contributed by atoms with Gasteiger partial charge >= 0.3 is 0 Å². The van der Waals surface area contributed by atoms with Crippen LogP contribution >= 0.6 is 0 Å². The maximum atomic E-state index is 13.7. The Morgan fingerprint density at radius 1 is 0.475 bits per heavy atom. The molecule has 0 atom stereocenters. The van der Waals surface area contributed by atoms with Crippen molar-refractivity contribution in [3.63, 3.8) is 0 Å². The predicted molar refractivity (Wildman–Crippen MR) is 166 cm³/mol. The predicted octanol–water partition coefficient (Wildman–Crippen LogP) is 9.46. The van der Waals surface area contributed by atoms with Crippen molar-refractivity contribution in [2.75, 3.05) is 0 Å². The fourth-order valence-corrected chi connectivity index (χ4v) is 7.02. The summed E-state index contributed by atoms with van der Waals surface area (Å²) in [6.07, 6.45) is 4.51. The molecule has 40 heavy (non-hydrogen) atoms. The highest BCUT2D eigenvalue weighted by molar-refractivity contribution is 6.12. The lowest BCUT2D eigenvalue weighted by atomic mass is 9.62. The zero-order valence-electron chi connectivity index (χ0n) is 26.3. The SMILES string of the molecule is Cc1cc2c(cc1C(=O)c1ccc(C(=O)c3cc4c(cc3C)C(C)(C)CCC4(C)C)cc1)C(C)(C)CCC2(C)C. The number of carbonyl (C=O) groups excluding carboxylic acids is 2. The average Bonchev–Trinajstić information content (AvgIpc) is 2.88. The van der Waals surface area contributed by atoms with Crippen molar-refractivity contribution >= 4 is 11.6 Å². The van der Waals surface area contributed by atoms with Gasteiger partial charge in [-0.25, -0.2) is 0 Å². The highest BCUT2D eigenvalue weighted by Gasteiger charge is 2.39. The van der Waals surface area contributed by atoms with Crippen LogP contribution in [0.5, 0.6) is 0 Å². The lowest BCUT2D eigenvalue weighted by Gasteiger charge is -2.42. The summed E-state index contributed by atoms with van der Waals surface area (Å²) in [6, 6.07) is 16.1. The number of benzene rings is 3. The van der Waals surface area contributed by atoms with E-state index in [2.05, 4.69) is 79.7 Å². The smallest absolute Gasteiger partial charge is 0.193 e. The van der Waals surface area contributed by atoms with Crippen LogP contribution in [0.2, 0.25) is 0 Å². The third-order valence-corrected chi connectivity index (χ3v) is 10.3. The molecule has 210 valence electrons. The third kappa shape index (κ3) is 4.68. The van der Waals surface area contributed by atoms with E-state index in [-0.39, 0.29) is 33.2 Å². The van der Waals surface area contributed by atoms with Gasteiger partial charge in [-0.1, -0.05) is 91.8 Å². The summed E-state index contributed by atoms with van der Waals surface area (Å²) < 4.78 is 0. The van der Waals surface area contributed by atoms with E-state index in [1.807, 2.05) is 38.1 Å². The van der Waals surface area contributed by atoms with Gasteiger partial charge in [0, 0.05) is 22.3 Å². The lowest BCUT2D eigenvalue weighted by Crippen LogP contribution is -2.34. The molecular weight excluding hydrogens is 488 g/mol. The van der Waals surface area contributed by atoms with E-state index in [0.29, 0.717) is 11.1 Å². The molecule has 0 fully saturated rings. The minimum absolute atomic E-state index is 0.0208. The number of hydrogen-bond acceptors (Lipinski definition) is 2. The Morgan fingerprint density at radius 2 is 0.725 bits per heavy atom. The largest absolute Gasteiger partial charge is 0.289 e. The molecule has 0 radical (unpaired) electrons. The van der Waals surface area contributed by atoms with Crippen LogP contribution in [-0.2, 0) is 21.7 Å². The second-order valence-corrected chi connectivity index (χ2v) is 15.2. The number of fused-ring (bicyclic) bond motifs is 2. The van der Waals surface area contributed by atoms with E-state index < -0.39 is 0 Å². The minimum Gasteiger partial charge on any atom is -0.289 e. The van der Waals surface area contributed by atoms with Crippen LogP contribution in [0.1, 0.15) is 146 Å². The van der Waals surface area contributed by atoms with Crippen LogP contribution in [0.4, 0.5) is 0 Å². The van der Waals surface area contributed by atoms with Crippen molar-refractivity contribution in [1.82, 2.24) is 0 Å². The maximum Gasteiger partial charge on any atom is 0.193 e. The first-order valence-electron chi connectivity index (χ1n) is 15.0. The fraction of sp³-hybridized carbons (Fsp3) is 0.474. The van der Waals surface area contributed by atoms with Gasteiger partial charge in [0.15, 0.2) is 11.6 Å². The lowest BCUT2D eigenvalue weighted by molar-refractivity contribution is 0.102. The minimum atomic E-state index is 0.0208. The molecule has 2 heteroatoms. The second kappa shape index (κ2) is 9.26. The van der Waals surface area contributed by atoms with Crippen molar-refractivity contribution in [3.8, 4) is 0 Å². The molecule has 0 spiro atoms. The zero-order valence-corrected chi connectivity index (χ0v) is 26.3. The van der Waals surface area contributed by atoms with Gasteiger partial charge in [-0.05, 0) is 107 Å². The molecule has 2 aliphatic rings. The molecule has 5 rings (SSSR count). The molecule has 0 amide bonds. The first kappa shape index (κ1) is 28.5. The quantitative estimate of drug-likeness (QED) is 0.312. The van der Waals surface area contributed by atoms with Crippen molar-refractivity contribution in [3.05, 3.63) is 104 Å². The van der Waals surface area contributed by atoms with E-state index in [0.717, 1.165) is 47.9 Å². The summed E-state index contributed by atoms with van der Waals surface area (Å²) >= 11 is 0. The number of ketones is 2. The Labute approximate surface area is 241 Å². The molecular formula is C38H46O2. The van der Waals surface area contributed by atoms with E-state index in [1.54, 1.807) is 0 Å². The van der Waals surface area contributed by atoms with Gasteiger partial charge in [-0.3, -0.25) is 9.59 Å². The van der Waals surface area contributed by atoms with Gasteiger partial charge < -0.3 is 0 Å². The number of rotatable bonds is 4. The van der Waals surface area contributed by atoms with Crippen molar-refractivity contribution in [1.29, 1.82) is 0 Å². The first-order chi connectivity index (χ1) is 18.4. The Hall–Kier alpha value is -3.00. The second-order valence-electron chi connectivity index (χ2n) is 15.2. The van der Waals surface area contributed by atoms with Gasteiger partial charge in [0.05, 0.1) is 0 Å². The Bertz CT molecular complexity index is 1410. The summed E-state index contributed by atoms with van der Waals surface area (Å²) in [6.45, 7) is 22.5. The van der Waals surface area contributed by atoms with Gasteiger partial charge in [0.25, 0.3) is 0 Å². The molecule has 0 unspecified atom stereocenters. The van der Waals surface area contributed by atoms with Gasteiger partial charge in [0.1, 0.15) is 0 Å². The topological polar surface area (TPSA) is 34.1 Å². The molecule has 0 heterocycles. The molecule has 0 aromatic heterocycles. The summed E-state index contributed by atoms with van der Waals surface area (Å²) in [5, 5.41) is 0. The monoisotopic (exact) mass is 534 g/mol. The fourth-order valence-electron chi connectivity index (χ4n) is 7.02. The van der Waals surface area contributed by atoms with E-state index in [1.165, 1.54) is 22.3 Å². The van der Waals surface area contributed by atoms with Crippen LogP contribution in [-0.4, -0.2) is 11.6 Å². The van der Waals surface area contributed by atoms with Gasteiger partial charge in [-0.15, -0.1) is 0 Å². The standard InChI is InChI=1S/C38H46O2/c1-23-19-29-31(37(7,8)17-15-35(29,3)4)21-27(23)33(39)25-11-13-26(14-12-25)34(40)28-22-32-30(20-24(28)2)36(5,6)16-18-38(32,9)10/h11-14,19-22H,15-18H2,1-10H3. The Balaban J connectivity index is 1.47. The van der Waals surface area contributed by atoms with Gasteiger partial charge in [-0.2, -0.15) is 0 Å². The molecule has 3 aromatic rings. The van der Waals surface area contributed by atoms with Gasteiger partial charge in [0.2, 0.25) is 0 Å². The van der Waals surface area contributed by atoms with Crippen LogP contribution in [0.25, 0.3) is 0 Å². The Morgan fingerprint density at radius 3 is 1.00 bits per heavy atom. The summed E-state index contributed by atoms with van der Waals surface area (Å²) in [4.78, 5) is 27.5. The van der Waals surface area contributed by atoms with E-state index in [9.17, 15) is 9.59 Å². The number of aryl methyl sites for hydroxylation is 2. The van der Waals surface area contributed by atoms with Crippen molar-refractivity contribution in [2.45, 2.75) is 117 Å². The average molecular weight is 535 g/mol. The summed E-state index contributed by atoms with van der Waals surface area (Å²) in [7, 11) is 0. The summed E-state index contributed by atoms with van der Waals surface area (Å²) in [5.74, 6) is 0.0415. The van der Waals surface area contributed by atoms with Crippen LogP contribution in [0.3, 0.4) is 0 Å². The molecule has 2 aliphatic carbocycles. The Kier molecular flexibility index (Phi) is 6.61. The third-order valence-electron chi connectivity index (χ3n) is 10.3. The normalized spacial score (nSPS) is 19.9. The molecule has 0 saturated heterocycles. The van der Waals surface area contributed by atoms with Crippen LogP contribution < -0.4 is 0 Å². The molecule has 0 aliphatic heterocycles. The van der Waals surface area contributed by atoms with Crippen LogP contribution in [0, 0.1) is 13.8 Å². The number of carbonyl (C=O) groups is 2. The first-order valence-corrected chi connectivity index (χ1v) is 15.0. The molecule has 2 nitrogen and oxygen atoms in total. The molecule has 3 aromatic carbocycles. The van der Waals surface area contributed by atoms with E-state index >= 15 is 0 Å². The maximum absolute atomic E-state index is 13.7.